The van der Waals surface area contributed by atoms with E-state index in [9.17, 15) is 25.5 Å². The zero-order valence-corrected chi connectivity index (χ0v) is 26.4. The number of hydrogen-bond acceptors (Lipinski definition) is 6. The van der Waals surface area contributed by atoms with Crippen molar-refractivity contribution in [1.29, 1.82) is 0 Å². The minimum absolute atomic E-state index is 0.184. The Morgan fingerprint density at radius 3 is 1.42 bits per heavy atom. The van der Waals surface area contributed by atoms with E-state index in [0.717, 1.165) is 66.1 Å². The fourth-order valence-electron chi connectivity index (χ4n) is 7.44. The summed E-state index contributed by atoms with van der Waals surface area (Å²) in [4.78, 5) is 0. The number of fused-ring (bicyclic) bond motifs is 5. The maximum absolute atomic E-state index is 11.1. The number of hydrogen-bond donors (Lipinski definition) is 5. The zero-order valence-electron chi connectivity index (χ0n) is 26.4. The van der Waals surface area contributed by atoms with Gasteiger partial charge in [0.1, 0.15) is 11.2 Å². The lowest BCUT2D eigenvalue weighted by atomic mass is 9.84. The molecule has 6 nitrogen and oxygen atoms in total. The van der Waals surface area contributed by atoms with E-state index < -0.39 is 28.7 Å². The van der Waals surface area contributed by atoms with Gasteiger partial charge in [0.15, 0.2) is 11.5 Å². The first-order valence-electron chi connectivity index (χ1n) is 16.2. The SMILES string of the molecule is Oc1c(O)c(O)c(-c2c3ccccc3c(-c3cccc(-c4c(-c5ccccc5)ccc5oc6ccccc6c45)c3)c3ccccc23)c(O)c1O. The van der Waals surface area contributed by atoms with Crippen molar-refractivity contribution >= 4 is 43.5 Å². The van der Waals surface area contributed by atoms with Crippen LogP contribution in [-0.2, 0) is 0 Å². The lowest BCUT2D eigenvalue weighted by molar-refractivity contribution is 0.330. The van der Waals surface area contributed by atoms with E-state index in [4.69, 9.17) is 4.42 Å². The van der Waals surface area contributed by atoms with Crippen molar-refractivity contribution in [3.8, 4) is 73.3 Å². The average Bonchev–Trinajstić information content (AvgIpc) is 3.55. The first-order valence-corrected chi connectivity index (χ1v) is 16.2. The number of para-hydroxylation sites is 1. The van der Waals surface area contributed by atoms with Crippen LogP contribution >= 0.6 is 0 Å². The molecule has 0 unspecified atom stereocenters. The normalized spacial score (nSPS) is 11.6. The van der Waals surface area contributed by atoms with Crippen LogP contribution < -0.4 is 0 Å². The number of phenols is 5. The summed E-state index contributed by atoms with van der Waals surface area (Å²) in [6, 6.07) is 46.2. The van der Waals surface area contributed by atoms with E-state index >= 15 is 0 Å². The number of phenolic OH excluding ortho intramolecular Hbond substituents is 5. The van der Waals surface area contributed by atoms with Gasteiger partial charge in [-0.25, -0.2) is 0 Å². The Labute approximate surface area is 285 Å². The number of benzene rings is 8. The maximum atomic E-state index is 11.1. The topological polar surface area (TPSA) is 114 Å². The molecule has 0 atom stereocenters. The van der Waals surface area contributed by atoms with E-state index in [-0.39, 0.29) is 5.56 Å². The van der Waals surface area contributed by atoms with E-state index in [1.807, 2.05) is 97.1 Å². The molecule has 0 fully saturated rings. The minimum Gasteiger partial charge on any atom is -0.504 e. The first kappa shape index (κ1) is 29.2. The summed E-state index contributed by atoms with van der Waals surface area (Å²) in [6.45, 7) is 0. The molecule has 5 N–H and O–H groups in total. The predicted octanol–water partition coefficient (Wildman–Crippen LogP) is 11.1. The van der Waals surface area contributed by atoms with Crippen molar-refractivity contribution in [2.75, 3.05) is 0 Å². The van der Waals surface area contributed by atoms with Gasteiger partial charge in [-0.2, -0.15) is 0 Å². The van der Waals surface area contributed by atoms with Gasteiger partial charge in [0, 0.05) is 21.9 Å². The molecule has 0 saturated heterocycles. The molecule has 0 aliphatic rings. The lowest BCUT2D eigenvalue weighted by Crippen LogP contribution is -1.93. The van der Waals surface area contributed by atoms with Crippen LogP contribution in [0.1, 0.15) is 0 Å². The van der Waals surface area contributed by atoms with Gasteiger partial charge in [0.25, 0.3) is 0 Å². The molecule has 0 radical (unpaired) electrons. The van der Waals surface area contributed by atoms with E-state index in [1.165, 1.54) is 0 Å². The van der Waals surface area contributed by atoms with Crippen LogP contribution in [0.3, 0.4) is 0 Å². The van der Waals surface area contributed by atoms with Crippen LogP contribution in [0, 0.1) is 0 Å². The summed E-state index contributed by atoms with van der Waals surface area (Å²) < 4.78 is 6.34. The molecular formula is C44H28O6. The molecule has 9 aromatic rings. The number of aromatic hydroxyl groups is 5. The molecule has 0 aliphatic heterocycles. The van der Waals surface area contributed by atoms with Crippen molar-refractivity contribution in [2.24, 2.45) is 0 Å². The van der Waals surface area contributed by atoms with Crippen LogP contribution in [0.25, 0.3) is 88.0 Å². The summed E-state index contributed by atoms with van der Waals surface area (Å²) in [5.74, 6) is -4.32. The van der Waals surface area contributed by atoms with Gasteiger partial charge in [-0.15, -0.1) is 0 Å². The second-order valence-electron chi connectivity index (χ2n) is 12.4. The average molecular weight is 653 g/mol. The molecule has 50 heavy (non-hydrogen) atoms. The van der Waals surface area contributed by atoms with Gasteiger partial charge in [-0.1, -0.05) is 121 Å². The summed E-state index contributed by atoms with van der Waals surface area (Å²) in [7, 11) is 0. The fraction of sp³-hybridized carbons (Fsp3) is 0. The van der Waals surface area contributed by atoms with E-state index in [2.05, 4.69) is 42.5 Å². The quantitative estimate of drug-likeness (QED) is 0.0734. The Morgan fingerprint density at radius 2 is 0.800 bits per heavy atom. The van der Waals surface area contributed by atoms with Gasteiger partial charge in [0.05, 0.1) is 5.56 Å². The highest BCUT2D eigenvalue weighted by atomic mass is 16.4. The molecule has 0 aliphatic carbocycles. The summed E-state index contributed by atoms with van der Waals surface area (Å²) in [5, 5.41) is 58.4. The summed E-state index contributed by atoms with van der Waals surface area (Å²) in [5.41, 5.74) is 7.91. The van der Waals surface area contributed by atoms with Gasteiger partial charge in [0.2, 0.25) is 17.2 Å². The Bertz CT molecular complexity index is 2730. The van der Waals surface area contributed by atoms with Gasteiger partial charge in [-0.3, -0.25) is 0 Å². The molecular weight excluding hydrogens is 624 g/mol. The number of furan rings is 1. The second-order valence-corrected chi connectivity index (χ2v) is 12.4. The Balaban J connectivity index is 1.37. The zero-order chi connectivity index (χ0) is 34.1. The lowest BCUT2D eigenvalue weighted by Gasteiger charge is -2.20. The van der Waals surface area contributed by atoms with Crippen LogP contribution in [-0.4, -0.2) is 25.5 Å². The predicted molar refractivity (Wildman–Crippen MR) is 199 cm³/mol. The molecule has 0 saturated carbocycles. The molecule has 0 bridgehead atoms. The van der Waals surface area contributed by atoms with Gasteiger partial charge < -0.3 is 29.9 Å². The van der Waals surface area contributed by atoms with Crippen LogP contribution in [0.2, 0.25) is 0 Å². The highest BCUT2D eigenvalue weighted by Crippen LogP contribution is 2.58. The summed E-state index contributed by atoms with van der Waals surface area (Å²) >= 11 is 0. The van der Waals surface area contributed by atoms with E-state index in [0.29, 0.717) is 16.3 Å². The molecule has 1 aromatic heterocycles. The Morgan fingerprint density at radius 1 is 0.320 bits per heavy atom. The molecule has 0 spiro atoms. The second kappa shape index (κ2) is 11.1. The van der Waals surface area contributed by atoms with Crippen molar-refractivity contribution in [3.63, 3.8) is 0 Å². The first-order chi connectivity index (χ1) is 24.4. The van der Waals surface area contributed by atoms with Crippen molar-refractivity contribution in [1.82, 2.24) is 0 Å². The van der Waals surface area contributed by atoms with Crippen molar-refractivity contribution in [2.45, 2.75) is 0 Å². The molecule has 9 rings (SSSR count). The Kier molecular flexibility index (Phi) is 6.48. The molecule has 8 aromatic carbocycles. The smallest absolute Gasteiger partial charge is 0.208 e. The van der Waals surface area contributed by atoms with Crippen LogP contribution in [0.4, 0.5) is 0 Å². The van der Waals surface area contributed by atoms with Gasteiger partial charge in [-0.05, 0) is 67.6 Å². The largest absolute Gasteiger partial charge is 0.504 e. The molecule has 6 heteroatoms. The highest BCUT2D eigenvalue weighted by Gasteiger charge is 2.28. The standard InChI is InChI=1S/C44H28O6/c45-40-39(41(46)43(48)44(49)42(40)47)37-30-17-6-4-15-28(30)35(29-16-5-7-18-31(29)37)25-13-10-14-26(23-25)36-27(24-11-2-1-3-12-24)21-22-34-38(36)32-19-8-9-20-33(32)50-34/h1-23,45-49H. The highest BCUT2D eigenvalue weighted by molar-refractivity contribution is 6.23. The third kappa shape index (κ3) is 4.22. The van der Waals surface area contributed by atoms with Crippen LogP contribution in [0.15, 0.2) is 144 Å². The third-order valence-electron chi connectivity index (χ3n) is 9.62. The maximum Gasteiger partial charge on any atom is 0.208 e. The third-order valence-corrected chi connectivity index (χ3v) is 9.62. The van der Waals surface area contributed by atoms with Crippen molar-refractivity contribution in [3.05, 3.63) is 140 Å². The summed E-state index contributed by atoms with van der Waals surface area (Å²) in [6.07, 6.45) is 0. The van der Waals surface area contributed by atoms with E-state index in [1.54, 1.807) is 0 Å². The Hall–Kier alpha value is -6.92. The minimum atomic E-state index is -0.999. The number of rotatable bonds is 4. The van der Waals surface area contributed by atoms with Gasteiger partial charge >= 0.3 is 0 Å². The van der Waals surface area contributed by atoms with Crippen molar-refractivity contribution < 1.29 is 29.9 Å². The molecule has 240 valence electrons. The monoisotopic (exact) mass is 652 g/mol. The van der Waals surface area contributed by atoms with Crippen LogP contribution in [0.5, 0.6) is 28.7 Å². The fourth-order valence-corrected chi connectivity index (χ4v) is 7.44. The molecule has 1 heterocycles. The molecule has 0 amide bonds.